The first kappa shape index (κ1) is 18.1. The summed E-state index contributed by atoms with van der Waals surface area (Å²) in [6.07, 6.45) is 2.14. The molecule has 0 bridgehead atoms. The minimum absolute atomic E-state index is 0.0395. The molecular weight excluding hydrogens is 308 g/mol. The van der Waals surface area contributed by atoms with Crippen LogP contribution in [-0.4, -0.2) is 53.3 Å². The first-order chi connectivity index (χ1) is 11.2. The van der Waals surface area contributed by atoms with Gasteiger partial charge in [0.05, 0.1) is 6.10 Å². The van der Waals surface area contributed by atoms with Crippen LogP contribution >= 0.6 is 11.8 Å². The van der Waals surface area contributed by atoms with Crippen LogP contribution in [0.2, 0.25) is 0 Å². The van der Waals surface area contributed by atoms with Crippen molar-refractivity contribution in [1.82, 2.24) is 10.2 Å². The molecule has 1 saturated heterocycles. The van der Waals surface area contributed by atoms with Crippen molar-refractivity contribution in [2.24, 2.45) is 5.92 Å². The van der Waals surface area contributed by atoms with Gasteiger partial charge in [-0.2, -0.15) is 11.8 Å². The Morgan fingerprint density at radius 1 is 1.35 bits per heavy atom. The van der Waals surface area contributed by atoms with Gasteiger partial charge in [0.25, 0.3) is 0 Å². The molecule has 128 valence electrons. The highest BCUT2D eigenvalue weighted by molar-refractivity contribution is 7.99. The molecule has 2 rings (SSSR count). The number of aliphatic hydroxyl groups is 1. The van der Waals surface area contributed by atoms with E-state index in [4.69, 9.17) is 0 Å². The summed E-state index contributed by atoms with van der Waals surface area (Å²) in [6, 6.07) is 10.2. The number of amides is 2. The first-order valence-corrected chi connectivity index (χ1v) is 9.68. The summed E-state index contributed by atoms with van der Waals surface area (Å²) in [5, 5.41) is 13.4. The van der Waals surface area contributed by atoms with Crippen molar-refractivity contribution in [3.05, 3.63) is 35.9 Å². The van der Waals surface area contributed by atoms with Gasteiger partial charge in [0, 0.05) is 25.4 Å². The van der Waals surface area contributed by atoms with E-state index in [0.29, 0.717) is 6.42 Å². The molecule has 5 heteroatoms. The third-order valence-corrected chi connectivity index (χ3v) is 5.29. The number of hydrogen-bond donors (Lipinski definition) is 2. The lowest BCUT2D eigenvalue weighted by Crippen LogP contribution is -2.46. The van der Waals surface area contributed by atoms with Crippen LogP contribution in [0, 0.1) is 5.92 Å². The second kappa shape index (κ2) is 9.83. The summed E-state index contributed by atoms with van der Waals surface area (Å²) < 4.78 is 0. The second-order valence-corrected chi connectivity index (χ2v) is 7.40. The van der Waals surface area contributed by atoms with E-state index in [0.717, 1.165) is 44.0 Å². The van der Waals surface area contributed by atoms with Crippen LogP contribution < -0.4 is 5.32 Å². The fourth-order valence-corrected chi connectivity index (χ4v) is 3.53. The molecule has 23 heavy (non-hydrogen) atoms. The maximum atomic E-state index is 12.1. The van der Waals surface area contributed by atoms with E-state index in [1.165, 1.54) is 5.56 Å². The molecule has 1 aromatic rings. The van der Waals surface area contributed by atoms with Gasteiger partial charge in [0.15, 0.2) is 0 Å². The highest BCUT2D eigenvalue weighted by atomic mass is 32.2. The Hall–Kier alpha value is -1.20. The Morgan fingerprint density at radius 2 is 2.04 bits per heavy atom. The van der Waals surface area contributed by atoms with Gasteiger partial charge in [-0.3, -0.25) is 0 Å². The highest BCUT2D eigenvalue weighted by Crippen LogP contribution is 2.23. The lowest BCUT2D eigenvalue weighted by molar-refractivity contribution is 0.0672. The molecule has 1 heterocycles. The molecule has 1 aromatic carbocycles. The molecule has 1 aliphatic heterocycles. The van der Waals surface area contributed by atoms with E-state index in [9.17, 15) is 9.90 Å². The summed E-state index contributed by atoms with van der Waals surface area (Å²) in [5.74, 6) is 2.34. The SMILES string of the molecule is CCSCCNC(=O)N1CCC([C@H](O)Cc2ccccc2)CC1. The van der Waals surface area contributed by atoms with Crippen molar-refractivity contribution in [2.45, 2.75) is 32.3 Å². The van der Waals surface area contributed by atoms with Gasteiger partial charge in [0.1, 0.15) is 0 Å². The number of rotatable bonds is 7. The van der Waals surface area contributed by atoms with Crippen LogP contribution in [0.15, 0.2) is 30.3 Å². The van der Waals surface area contributed by atoms with Crippen molar-refractivity contribution in [2.75, 3.05) is 31.1 Å². The van der Waals surface area contributed by atoms with Crippen molar-refractivity contribution >= 4 is 17.8 Å². The number of carbonyl (C=O) groups is 1. The van der Waals surface area contributed by atoms with Gasteiger partial charge in [-0.05, 0) is 36.5 Å². The summed E-state index contributed by atoms with van der Waals surface area (Å²) >= 11 is 1.84. The Bertz CT molecular complexity index is 461. The van der Waals surface area contributed by atoms with Gasteiger partial charge in [-0.15, -0.1) is 0 Å². The van der Waals surface area contributed by atoms with Gasteiger partial charge in [0.2, 0.25) is 0 Å². The summed E-state index contributed by atoms with van der Waals surface area (Å²) in [6.45, 7) is 4.33. The summed E-state index contributed by atoms with van der Waals surface area (Å²) in [5.41, 5.74) is 1.17. The van der Waals surface area contributed by atoms with Crippen molar-refractivity contribution in [3.63, 3.8) is 0 Å². The molecule has 0 spiro atoms. The van der Waals surface area contributed by atoms with Crippen LogP contribution in [0.3, 0.4) is 0 Å². The quantitative estimate of drug-likeness (QED) is 0.753. The van der Waals surface area contributed by atoms with E-state index < -0.39 is 0 Å². The largest absolute Gasteiger partial charge is 0.392 e. The molecular formula is C18H28N2O2S. The zero-order valence-electron chi connectivity index (χ0n) is 13.9. The van der Waals surface area contributed by atoms with E-state index in [1.54, 1.807) is 0 Å². The number of hydrogen-bond acceptors (Lipinski definition) is 3. The molecule has 1 fully saturated rings. The number of urea groups is 1. The van der Waals surface area contributed by atoms with Crippen LogP contribution in [0.5, 0.6) is 0 Å². The van der Waals surface area contributed by atoms with Crippen LogP contribution in [0.1, 0.15) is 25.3 Å². The minimum atomic E-state index is -0.316. The molecule has 2 amide bonds. The number of nitrogens with zero attached hydrogens (tertiary/aromatic N) is 1. The number of nitrogens with one attached hydrogen (secondary N) is 1. The molecule has 1 aliphatic rings. The minimum Gasteiger partial charge on any atom is -0.392 e. The normalized spacial score (nSPS) is 17.0. The number of carbonyl (C=O) groups excluding carboxylic acids is 1. The predicted molar refractivity (Wildman–Crippen MR) is 96.8 cm³/mol. The third kappa shape index (κ3) is 6.07. The number of likely N-dealkylation sites (tertiary alicyclic amines) is 1. The Balaban J connectivity index is 1.69. The maximum Gasteiger partial charge on any atom is 0.317 e. The number of aliphatic hydroxyl groups excluding tert-OH is 1. The van der Waals surface area contributed by atoms with E-state index in [2.05, 4.69) is 24.4 Å². The van der Waals surface area contributed by atoms with Crippen LogP contribution in [0.4, 0.5) is 4.79 Å². The van der Waals surface area contributed by atoms with Crippen molar-refractivity contribution in [3.8, 4) is 0 Å². The molecule has 0 aromatic heterocycles. The van der Waals surface area contributed by atoms with Gasteiger partial charge >= 0.3 is 6.03 Å². The van der Waals surface area contributed by atoms with Crippen LogP contribution in [0.25, 0.3) is 0 Å². The lowest BCUT2D eigenvalue weighted by atomic mass is 9.88. The topological polar surface area (TPSA) is 52.6 Å². The fraction of sp³-hybridized carbons (Fsp3) is 0.611. The zero-order chi connectivity index (χ0) is 16.5. The van der Waals surface area contributed by atoms with Gasteiger partial charge in [-0.25, -0.2) is 4.79 Å². The molecule has 0 aliphatic carbocycles. The number of piperidine rings is 1. The third-order valence-electron chi connectivity index (χ3n) is 4.39. The Kier molecular flexibility index (Phi) is 7.76. The average Bonchev–Trinajstić information content (AvgIpc) is 2.59. The van der Waals surface area contributed by atoms with Crippen LogP contribution in [-0.2, 0) is 6.42 Å². The summed E-state index contributed by atoms with van der Waals surface area (Å²) in [4.78, 5) is 13.9. The molecule has 0 unspecified atom stereocenters. The molecule has 4 nitrogen and oxygen atoms in total. The maximum absolute atomic E-state index is 12.1. The standard InChI is InChI=1S/C18H28N2O2S/c1-2-23-13-10-19-18(22)20-11-8-16(9-12-20)17(21)14-15-6-4-3-5-7-15/h3-7,16-17,21H,2,8-14H2,1H3,(H,19,22)/t17-/m1/s1. The Morgan fingerprint density at radius 3 is 2.70 bits per heavy atom. The van der Waals surface area contributed by atoms with Gasteiger partial charge in [-0.1, -0.05) is 37.3 Å². The molecule has 0 radical (unpaired) electrons. The second-order valence-electron chi connectivity index (χ2n) is 6.01. The number of thioether (sulfide) groups is 1. The summed E-state index contributed by atoms with van der Waals surface area (Å²) in [7, 11) is 0. The fourth-order valence-electron chi connectivity index (χ4n) is 3.00. The average molecular weight is 337 g/mol. The smallest absolute Gasteiger partial charge is 0.317 e. The zero-order valence-corrected chi connectivity index (χ0v) is 14.7. The lowest BCUT2D eigenvalue weighted by Gasteiger charge is -2.34. The highest BCUT2D eigenvalue weighted by Gasteiger charge is 2.27. The first-order valence-electron chi connectivity index (χ1n) is 8.53. The van der Waals surface area contributed by atoms with E-state index in [1.807, 2.05) is 34.9 Å². The van der Waals surface area contributed by atoms with Gasteiger partial charge < -0.3 is 15.3 Å². The van der Waals surface area contributed by atoms with E-state index in [-0.39, 0.29) is 18.1 Å². The van der Waals surface area contributed by atoms with E-state index >= 15 is 0 Å². The van der Waals surface area contributed by atoms with Crippen molar-refractivity contribution in [1.29, 1.82) is 0 Å². The molecule has 2 N–H and O–H groups in total. The Labute approximate surface area is 143 Å². The number of benzene rings is 1. The molecule has 1 atom stereocenters. The predicted octanol–water partition coefficient (Wildman–Crippen LogP) is 2.76. The monoisotopic (exact) mass is 336 g/mol. The van der Waals surface area contributed by atoms with Crippen molar-refractivity contribution < 1.29 is 9.90 Å². The molecule has 0 saturated carbocycles.